The molecule has 1 rings (SSSR count). The number of hydrogen-bond donors (Lipinski definition) is 1. The summed E-state index contributed by atoms with van der Waals surface area (Å²) < 4.78 is 0. The average molecular weight is 240 g/mol. The normalized spacial score (nSPS) is 11.6. The van der Waals surface area contributed by atoms with E-state index >= 15 is 0 Å². The van der Waals surface area contributed by atoms with Crippen molar-refractivity contribution < 1.29 is 0 Å². The van der Waals surface area contributed by atoms with Gasteiger partial charge < -0.3 is 10.2 Å². The van der Waals surface area contributed by atoms with Crippen molar-refractivity contribution in [1.82, 2.24) is 10.2 Å². The third-order valence-electron chi connectivity index (χ3n) is 2.59. The lowest BCUT2D eigenvalue weighted by Crippen LogP contribution is -2.28. The second-order valence-corrected chi connectivity index (χ2v) is 5.63. The van der Waals surface area contributed by atoms with Gasteiger partial charge >= 0.3 is 0 Å². The quantitative estimate of drug-likeness (QED) is 0.703. The molecule has 0 amide bonds. The Hall–Kier alpha value is -0.380. The number of thiophene rings is 1. The highest BCUT2D eigenvalue weighted by molar-refractivity contribution is 7.09. The van der Waals surface area contributed by atoms with E-state index in [1.165, 1.54) is 30.8 Å². The van der Waals surface area contributed by atoms with Crippen molar-refractivity contribution in [3.63, 3.8) is 0 Å². The number of rotatable bonds is 8. The van der Waals surface area contributed by atoms with Crippen LogP contribution in [0.4, 0.5) is 0 Å². The zero-order valence-electron chi connectivity index (χ0n) is 10.7. The summed E-state index contributed by atoms with van der Waals surface area (Å²) in [6.07, 6.45) is 2.42. The van der Waals surface area contributed by atoms with Crippen molar-refractivity contribution >= 4 is 11.3 Å². The Morgan fingerprint density at radius 2 is 2.19 bits per heavy atom. The van der Waals surface area contributed by atoms with Crippen LogP contribution in [0.2, 0.25) is 0 Å². The first-order valence-corrected chi connectivity index (χ1v) is 7.00. The van der Waals surface area contributed by atoms with E-state index in [-0.39, 0.29) is 0 Å². The molecule has 0 atom stereocenters. The van der Waals surface area contributed by atoms with Gasteiger partial charge in [0.15, 0.2) is 0 Å². The molecule has 0 aromatic carbocycles. The van der Waals surface area contributed by atoms with Gasteiger partial charge in [0.1, 0.15) is 0 Å². The van der Waals surface area contributed by atoms with Gasteiger partial charge in [-0.2, -0.15) is 0 Å². The Morgan fingerprint density at radius 3 is 2.81 bits per heavy atom. The Balaban J connectivity index is 2.00. The van der Waals surface area contributed by atoms with E-state index in [0.717, 1.165) is 6.54 Å². The van der Waals surface area contributed by atoms with E-state index in [1.807, 2.05) is 11.3 Å². The molecule has 0 saturated carbocycles. The van der Waals surface area contributed by atoms with Crippen LogP contribution >= 0.6 is 11.3 Å². The summed E-state index contributed by atoms with van der Waals surface area (Å²) in [5.74, 6) is 0. The maximum atomic E-state index is 3.45. The Bertz CT molecular complexity index is 257. The molecule has 0 aliphatic carbocycles. The van der Waals surface area contributed by atoms with Crippen LogP contribution in [0.25, 0.3) is 0 Å². The summed E-state index contributed by atoms with van der Waals surface area (Å²) in [5, 5.41) is 5.60. The number of hydrogen-bond acceptors (Lipinski definition) is 3. The maximum Gasteiger partial charge on any atom is 0.00579 e. The zero-order valence-corrected chi connectivity index (χ0v) is 11.5. The fourth-order valence-electron chi connectivity index (χ4n) is 1.61. The Labute approximate surface area is 104 Å². The second-order valence-electron chi connectivity index (χ2n) is 4.60. The van der Waals surface area contributed by atoms with Gasteiger partial charge in [-0.1, -0.05) is 19.9 Å². The summed E-state index contributed by atoms with van der Waals surface area (Å²) in [4.78, 5) is 3.91. The monoisotopic (exact) mass is 240 g/mol. The van der Waals surface area contributed by atoms with Crippen molar-refractivity contribution in [3.8, 4) is 0 Å². The average Bonchev–Trinajstić information content (AvgIpc) is 2.74. The number of nitrogens with zero attached hydrogens (tertiary/aromatic N) is 1. The van der Waals surface area contributed by atoms with Gasteiger partial charge in [0, 0.05) is 17.5 Å². The Kier molecular flexibility index (Phi) is 6.69. The van der Waals surface area contributed by atoms with Crippen molar-refractivity contribution in [1.29, 1.82) is 0 Å². The van der Waals surface area contributed by atoms with Crippen LogP contribution in [-0.2, 0) is 6.42 Å². The molecule has 0 bridgehead atoms. The summed E-state index contributed by atoms with van der Waals surface area (Å²) in [7, 11) is 2.21. The fourth-order valence-corrected chi connectivity index (χ4v) is 2.31. The van der Waals surface area contributed by atoms with Gasteiger partial charge in [-0.15, -0.1) is 11.3 Å². The lowest BCUT2D eigenvalue weighted by atomic mass is 10.3. The van der Waals surface area contributed by atoms with E-state index < -0.39 is 0 Å². The first-order chi connectivity index (χ1) is 7.68. The van der Waals surface area contributed by atoms with E-state index in [2.05, 4.69) is 48.6 Å². The minimum atomic E-state index is 0.608. The largest absolute Gasteiger partial charge is 0.314 e. The predicted molar refractivity (Wildman–Crippen MR) is 73.3 cm³/mol. The third kappa shape index (κ3) is 6.26. The summed E-state index contributed by atoms with van der Waals surface area (Å²) >= 11 is 1.86. The molecule has 0 saturated heterocycles. The number of nitrogens with one attached hydrogen (secondary N) is 1. The molecule has 1 heterocycles. The van der Waals surface area contributed by atoms with Crippen molar-refractivity contribution in [3.05, 3.63) is 22.4 Å². The number of likely N-dealkylation sites (N-methyl/N-ethyl adjacent to an activating group) is 1. The molecule has 0 unspecified atom stereocenters. The first-order valence-electron chi connectivity index (χ1n) is 6.13. The highest BCUT2D eigenvalue weighted by Crippen LogP contribution is 2.09. The molecule has 0 fully saturated rings. The van der Waals surface area contributed by atoms with Gasteiger partial charge in [0.25, 0.3) is 0 Å². The van der Waals surface area contributed by atoms with Crippen LogP contribution < -0.4 is 5.32 Å². The fraction of sp³-hybridized carbons (Fsp3) is 0.692. The van der Waals surface area contributed by atoms with Gasteiger partial charge in [0.2, 0.25) is 0 Å². The third-order valence-corrected chi connectivity index (χ3v) is 3.53. The molecule has 16 heavy (non-hydrogen) atoms. The topological polar surface area (TPSA) is 15.3 Å². The highest BCUT2D eigenvalue weighted by Gasteiger charge is 2.00. The molecule has 0 aliphatic heterocycles. The summed E-state index contributed by atoms with van der Waals surface area (Å²) in [6, 6.07) is 4.96. The second kappa shape index (κ2) is 7.82. The van der Waals surface area contributed by atoms with Gasteiger partial charge in [-0.3, -0.25) is 0 Å². The molecule has 2 nitrogen and oxygen atoms in total. The molecule has 0 radical (unpaired) electrons. The molecule has 3 heteroatoms. The molecule has 1 aromatic heterocycles. The lowest BCUT2D eigenvalue weighted by Gasteiger charge is -2.16. The van der Waals surface area contributed by atoms with E-state index in [9.17, 15) is 0 Å². The van der Waals surface area contributed by atoms with Crippen LogP contribution in [0.3, 0.4) is 0 Å². The van der Waals surface area contributed by atoms with E-state index in [4.69, 9.17) is 0 Å². The standard InChI is InChI=1S/C13H24N2S/c1-12(2)14-8-5-9-15(3)10-7-13-6-4-11-16-13/h4,6,11-12,14H,5,7-10H2,1-3H3. The smallest absolute Gasteiger partial charge is 0.00579 e. The highest BCUT2D eigenvalue weighted by atomic mass is 32.1. The minimum Gasteiger partial charge on any atom is -0.314 e. The molecular weight excluding hydrogens is 216 g/mol. The zero-order chi connectivity index (χ0) is 11.8. The van der Waals surface area contributed by atoms with Crippen LogP contribution in [0.15, 0.2) is 17.5 Å². The lowest BCUT2D eigenvalue weighted by molar-refractivity contribution is 0.329. The van der Waals surface area contributed by atoms with Crippen LogP contribution in [-0.4, -0.2) is 37.6 Å². The van der Waals surface area contributed by atoms with Gasteiger partial charge in [0.05, 0.1) is 0 Å². The molecule has 0 aliphatic rings. The molecule has 0 spiro atoms. The molecular formula is C13H24N2S. The van der Waals surface area contributed by atoms with Crippen molar-refractivity contribution in [2.75, 3.05) is 26.7 Å². The van der Waals surface area contributed by atoms with Crippen molar-refractivity contribution in [2.24, 2.45) is 0 Å². The minimum absolute atomic E-state index is 0.608. The Morgan fingerprint density at radius 1 is 1.38 bits per heavy atom. The van der Waals surface area contributed by atoms with Crippen molar-refractivity contribution in [2.45, 2.75) is 32.7 Å². The SMILES string of the molecule is CC(C)NCCCN(C)CCc1cccs1. The first kappa shape index (κ1) is 13.7. The van der Waals surface area contributed by atoms with E-state index in [1.54, 1.807) is 0 Å². The molecule has 1 N–H and O–H groups in total. The molecule has 1 aromatic rings. The summed E-state index contributed by atoms with van der Waals surface area (Å²) in [6.45, 7) is 7.87. The van der Waals surface area contributed by atoms with Crippen LogP contribution in [0, 0.1) is 0 Å². The predicted octanol–water partition coefficient (Wildman–Crippen LogP) is 2.61. The van der Waals surface area contributed by atoms with E-state index in [0.29, 0.717) is 6.04 Å². The van der Waals surface area contributed by atoms with Gasteiger partial charge in [-0.25, -0.2) is 0 Å². The van der Waals surface area contributed by atoms with Crippen LogP contribution in [0.5, 0.6) is 0 Å². The van der Waals surface area contributed by atoms with Crippen LogP contribution in [0.1, 0.15) is 25.1 Å². The summed E-state index contributed by atoms with van der Waals surface area (Å²) in [5.41, 5.74) is 0. The van der Waals surface area contributed by atoms with Gasteiger partial charge in [-0.05, 0) is 44.4 Å². The molecule has 92 valence electrons. The maximum absolute atomic E-state index is 3.45.